The highest BCUT2D eigenvalue weighted by Crippen LogP contribution is 2.21. The Bertz CT molecular complexity index is 312. The Morgan fingerprint density at radius 1 is 1.27 bits per heavy atom. The van der Waals surface area contributed by atoms with E-state index in [0.29, 0.717) is 6.04 Å². The van der Waals surface area contributed by atoms with E-state index in [-0.39, 0.29) is 0 Å². The average molecular weight is 270 g/mol. The van der Waals surface area contributed by atoms with Crippen molar-refractivity contribution in [3.8, 4) is 0 Å². The lowest BCUT2D eigenvalue weighted by molar-refractivity contribution is 0.610. The number of nitrogens with zero attached hydrogens (tertiary/aromatic N) is 3. The molecular weight excluding hydrogens is 254 g/mol. The molecule has 0 radical (unpaired) electrons. The maximum Gasteiger partial charge on any atom is 0.147 e. The standard InChI is InChI=1S/C11H16BrN3/c1-9-5-3-2-4-6-15(9)11-8-13-10(12)7-14-11/h7-9H,2-6H2,1H3. The summed E-state index contributed by atoms with van der Waals surface area (Å²) in [6.07, 6.45) is 8.82. The lowest BCUT2D eigenvalue weighted by Crippen LogP contribution is -2.33. The monoisotopic (exact) mass is 269 g/mol. The summed E-state index contributed by atoms with van der Waals surface area (Å²) in [5.74, 6) is 1.01. The first-order chi connectivity index (χ1) is 7.27. The highest BCUT2D eigenvalue weighted by Gasteiger charge is 2.18. The predicted molar refractivity (Wildman–Crippen MR) is 65.0 cm³/mol. The van der Waals surface area contributed by atoms with Crippen molar-refractivity contribution in [3.05, 3.63) is 17.0 Å². The van der Waals surface area contributed by atoms with Crippen LogP contribution in [0.5, 0.6) is 0 Å². The third kappa shape index (κ3) is 2.68. The molecule has 0 aliphatic carbocycles. The van der Waals surface area contributed by atoms with Gasteiger partial charge in [0.05, 0.1) is 12.4 Å². The zero-order valence-electron chi connectivity index (χ0n) is 8.99. The molecule has 0 amide bonds. The number of rotatable bonds is 1. The Morgan fingerprint density at radius 3 is 2.87 bits per heavy atom. The second-order valence-corrected chi connectivity index (χ2v) is 4.90. The van der Waals surface area contributed by atoms with Gasteiger partial charge in [0.15, 0.2) is 0 Å². The molecule has 82 valence electrons. The zero-order chi connectivity index (χ0) is 10.7. The van der Waals surface area contributed by atoms with Gasteiger partial charge in [0.2, 0.25) is 0 Å². The minimum Gasteiger partial charge on any atom is -0.353 e. The molecule has 0 saturated carbocycles. The van der Waals surface area contributed by atoms with Gasteiger partial charge in [-0.2, -0.15) is 0 Å². The van der Waals surface area contributed by atoms with Crippen molar-refractivity contribution in [1.82, 2.24) is 9.97 Å². The van der Waals surface area contributed by atoms with E-state index in [1.54, 1.807) is 6.20 Å². The van der Waals surface area contributed by atoms with E-state index < -0.39 is 0 Å². The average Bonchev–Trinajstić information content (AvgIpc) is 2.44. The predicted octanol–water partition coefficient (Wildman–Crippen LogP) is 3.01. The van der Waals surface area contributed by atoms with Gasteiger partial charge >= 0.3 is 0 Å². The van der Waals surface area contributed by atoms with E-state index in [1.165, 1.54) is 25.7 Å². The van der Waals surface area contributed by atoms with E-state index in [2.05, 4.69) is 37.7 Å². The van der Waals surface area contributed by atoms with Crippen LogP contribution in [0.2, 0.25) is 0 Å². The van der Waals surface area contributed by atoms with Crippen LogP contribution in [-0.2, 0) is 0 Å². The van der Waals surface area contributed by atoms with Crippen LogP contribution in [0.15, 0.2) is 17.0 Å². The lowest BCUT2D eigenvalue weighted by Gasteiger charge is -2.27. The van der Waals surface area contributed by atoms with Crippen LogP contribution in [0.3, 0.4) is 0 Å². The van der Waals surface area contributed by atoms with Crippen LogP contribution in [0.1, 0.15) is 32.6 Å². The van der Waals surface area contributed by atoms with Crippen molar-refractivity contribution in [2.24, 2.45) is 0 Å². The van der Waals surface area contributed by atoms with Crippen LogP contribution in [0.4, 0.5) is 5.82 Å². The number of hydrogen-bond acceptors (Lipinski definition) is 3. The maximum atomic E-state index is 4.41. The molecular formula is C11H16BrN3. The minimum absolute atomic E-state index is 0.586. The molecule has 4 heteroatoms. The number of aromatic nitrogens is 2. The molecule has 15 heavy (non-hydrogen) atoms. The first kappa shape index (κ1) is 10.9. The van der Waals surface area contributed by atoms with E-state index >= 15 is 0 Å². The third-order valence-corrected chi connectivity index (χ3v) is 3.36. The molecule has 0 spiro atoms. The number of halogens is 1. The second-order valence-electron chi connectivity index (χ2n) is 4.09. The van der Waals surface area contributed by atoms with Crippen LogP contribution in [0, 0.1) is 0 Å². The fourth-order valence-electron chi connectivity index (χ4n) is 2.07. The van der Waals surface area contributed by atoms with Crippen molar-refractivity contribution in [1.29, 1.82) is 0 Å². The smallest absolute Gasteiger partial charge is 0.147 e. The van der Waals surface area contributed by atoms with Crippen LogP contribution >= 0.6 is 15.9 Å². The molecule has 2 rings (SSSR count). The van der Waals surface area contributed by atoms with Gasteiger partial charge in [0.25, 0.3) is 0 Å². The Kier molecular flexibility index (Phi) is 3.57. The largest absolute Gasteiger partial charge is 0.353 e. The molecule has 0 aromatic carbocycles. The quantitative estimate of drug-likeness (QED) is 0.785. The first-order valence-electron chi connectivity index (χ1n) is 5.51. The molecule has 1 atom stereocenters. The molecule has 2 heterocycles. The Morgan fingerprint density at radius 2 is 2.13 bits per heavy atom. The SMILES string of the molecule is CC1CCCCCN1c1cnc(Br)cn1. The molecule has 1 aliphatic heterocycles. The van der Waals surface area contributed by atoms with Crippen LogP contribution < -0.4 is 4.90 Å². The minimum atomic E-state index is 0.586. The fraction of sp³-hybridized carbons (Fsp3) is 0.636. The van der Waals surface area contributed by atoms with Crippen molar-refractivity contribution >= 4 is 21.7 Å². The summed E-state index contributed by atoms with van der Waals surface area (Å²) >= 11 is 3.31. The summed E-state index contributed by atoms with van der Waals surface area (Å²) in [7, 11) is 0. The van der Waals surface area contributed by atoms with E-state index in [9.17, 15) is 0 Å². The highest BCUT2D eigenvalue weighted by molar-refractivity contribution is 9.10. The molecule has 1 saturated heterocycles. The Hall–Kier alpha value is -0.640. The number of anilines is 1. The Labute approximate surface area is 99.0 Å². The van der Waals surface area contributed by atoms with Crippen molar-refractivity contribution in [2.45, 2.75) is 38.6 Å². The van der Waals surface area contributed by atoms with Gasteiger partial charge in [-0.25, -0.2) is 9.97 Å². The summed E-state index contributed by atoms with van der Waals surface area (Å²) < 4.78 is 0.800. The molecule has 1 fully saturated rings. The molecule has 1 aromatic heterocycles. The fourth-order valence-corrected chi connectivity index (χ4v) is 2.27. The topological polar surface area (TPSA) is 29.0 Å². The van der Waals surface area contributed by atoms with Gasteiger partial charge < -0.3 is 4.90 Å². The van der Waals surface area contributed by atoms with Crippen molar-refractivity contribution < 1.29 is 0 Å². The molecule has 1 aromatic rings. The molecule has 3 nitrogen and oxygen atoms in total. The second kappa shape index (κ2) is 4.92. The molecule has 0 bridgehead atoms. The van der Waals surface area contributed by atoms with Gasteiger partial charge in [-0.05, 0) is 35.7 Å². The van der Waals surface area contributed by atoms with E-state index in [1.807, 2.05) is 6.20 Å². The first-order valence-corrected chi connectivity index (χ1v) is 6.31. The molecule has 1 aliphatic rings. The Balaban J connectivity index is 2.16. The summed E-state index contributed by atoms with van der Waals surface area (Å²) in [5.41, 5.74) is 0. The van der Waals surface area contributed by atoms with Gasteiger partial charge in [-0.15, -0.1) is 0 Å². The number of hydrogen-bond donors (Lipinski definition) is 0. The van der Waals surface area contributed by atoms with Gasteiger partial charge in [-0.1, -0.05) is 12.8 Å². The van der Waals surface area contributed by atoms with Crippen molar-refractivity contribution in [3.63, 3.8) is 0 Å². The van der Waals surface area contributed by atoms with E-state index in [0.717, 1.165) is 17.0 Å². The highest BCUT2D eigenvalue weighted by atomic mass is 79.9. The normalized spacial score (nSPS) is 22.5. The van der Waals surface area contributed by atoms with Gasteiger partial charge in [0.1, 0.15) is 10.4 Å². The van der Waals surface area contributed by atoms with Crippen molar-refractivity contribution in [2.75, 3.05) is 11.4 Å². The third-order valence-electron chi connectivity index (χ3n) is 2.95. The van der Waals surface area contributed by atoms with Gasteiger partial charge in [-0.3, -0.25) is 0 Å². The van der Waals surface area contributed by atoms with Crippen LogP contribution in [0.25, 0.3) is 0 Å². The maximum absolute atomic E-state index is 4.41. The summed E-state index contributed by atoms with van der Waals surface area (Å²) in [6, 6.07) is 0.586. The molecule has 0 N–H and O–H groups in total. The lowest BCUT2D eigenvalue weighted by atomic mass is 10.1. The van der Waals surface area contributed by atoms with Gasteiger partial charge in [0, 0.05) is 12.6 Å². The summed E-state index contributed by atoms with van der Waals surface area (Å²) in [5, 5.41) is 0. The van der Waals surface area contributed by atoms with E-state index in [4.69, 9.17) is 0 Å². The summed E-state index contributed by atoms with van der Waals surface area (Å²) in [4.78, 5) is 11.0. The zero-order valence-corrected chi connectivity index (χ0v) is 10.6. The van der Waals surface area contributed by atoms with Crippen LogP contribution in [-0.4, -0.2) is 22.6 Å². The molecule has 1 unspecified atom stereocenters. The summed E-state index contributed by atoms with van der Waals surface area (Å²) in [6.45, 7) is 3.38.